The predicted octanol–water partition coefficient (Wildman–Crippen LogP) is 5.67. The Morgan fingerprint density at radius 1 is 1.24 bits per heavy atom. The van der Waals surface area contributed by atoms with Gasteiger partial charge in [-0.15, -0.1) is 0 Å². The molecule has 1 aromatic heterocycles. The van der Waals surface area contributed by atoms with Crippen LogP contribution in [0.3, 0.4) is 0 Å². The molecule has 1 N–H and O–H groups in total. The Kier molecular flexibility index (Phi) is 7.33. The number of anilines is 1. The lowest BCUT2D eigenvalue weighted by molar-refractivity contribution is -0.133. The van der Waals surface area contributed by atoms with Crippen molar-refractivity contribution in [3.05, 3.63) is 62.9 Å². The van der Waals surface area contributed by atoms with E-state index in [-0.39, 0.29) is 11.8 Å². The third kappa shape index (κ3) is 5.48. The van der Waals surface area contributed by atoms with Crippen molar-refractivity contribution in [1.82, 2.24) is 9.88 Å². The van der Waals surface area contributed by atoms with Crippen molar-refractivity contribution in [2.75, 3.05) is 18.4 Å². The number of amides is 2. The van der Waals surface area contributed by atoms with E-state index in [2.05, 4.69) is 22.4 Å². The van der Waals surface area contributed by atoms with E-state index in [1.807, 2.05) is 17.9 Å². The first-order valence-corrected chi connectivity index (χ1v) is 12.2. The number of rotatable bonds is 5. The first-order chi connectivity index (χ1) is 16.3. The SMILES string of the molecule is Cc1ncc(C(=O)Nc2cc(Cl)cc(C=C3CCN(C(=O)CC4CCC4)CC3)c2C)cc1C#N. The van der Waals surface area contributed by atoms with E-state index in [0.29, 0.717) is 39.9 Å². The molecule has 2 aromatic rings. The molecular weight excluding hydrogens is 448 g/mol. The maximum Gasteiger partial charge on any atom is 0.257 e. The van der Waals surface area contributed by atoms with Gasteiger partial charge in [-0.05, 0) is 74.8 Å². The summed E-state index contributed by atoms with van der Waals surface area (Å²) in [6.07, 6.45) is 9.62. The molecule has 1 saturated carbocycles. The molecule has 4 rings (SSSR count). The average Bonchev–Trinajstić information content (AvgIpc) is 2.80. The van der Waals surface area contributed by atoms with Crippen LogP contribution in [0.4, 0.5) is 5.69 Å². The summed E-state index contributed by atoms with van der Waals surface area (Å²) in [6.45, 7) is 5.18. The summed E-state index contributed by atoms with van der Waals surface area (Å²) in [5.41, 5.74) is 5.04. The van der Waals surface area contributed by atoms with Gasteiger partial charge in [0.1, 0.15) is 6.07 Å². The van der Waals surface area contributed by atoms with Crippen molar-refractivity contribution in [3.63, 3.8) is 0 Å². The van der Waals surface area contributed by atoms with Crippen molar-refractivity contribution in [2.45, 2.75) is 52.4 Å². The number of aromatic nitrogens is 1. The number of nitrogens with zero attached hydrogens (tertiary/aromatic N) is 3. The fourth-order valence-corrected chi connectivity index (χ4v) is 4.65. The summed E-state index contributed by atoms with van der Waals surface area (Å²) < 4.78 is 0. The van der Waals surface area contributed by atoms with E-state index in [9.17, 15) is 14.9 Å². The lowest BCUT2D eigenvalue weighted by atomic mass is 9.82. The third-order valence-corrected chi connectivity index (χ3v) is 7.15. The number of likely N-dealkylation sites (tertiary alicyclic amines) is 1. The van der Waals surface area contributed by atoms with Gasteiger partial charge in [0.05, 0.1) is 16.8 Å². The normalized spacial score (nSPS) is 15.9. The Balaban J connectivity index is 1.45. The standard InChI is InChI=1S/C27H29ClN4O2/c1-17-21(10-20-6-8-32(9-7-20)26(33)11-19-4-3-5-19)13-24(28)14-25(17)31-27(34)23-12-22(15-29)18(2)30-16-23/h10,12-14,16,19H,3-9,11H2,1-2H3,(H,31,34). The van der Waals surface area contributed by atoms with Crippen molar-refractivity contribution >= 4 is 35.2 Å². The Bertz CT molecular complexity index is 1180. The van der Waals surface area contributed by atoms with Gasteiger partial charge < -0.3 is 10.2 Å². The molecule has 34 heavy (non-hydrogen) atoms. The topological polar surface area (TPSA) is 86.1 Å². The van der Waals surface area contributed by atoms with Gasteiger partial charge in [0, 0.05) is 36.4 Å². The molecular formula is C27H29ClN4O2. The molecule has 0 bridgehead atoms. The summed E-state index contributed by atoms with van der Waals surface area (Å²) >= 11 is 6.38. The minimum Gasteiger partial charge on any atom is -0.342 e. The van der Waals surface area contributed by atoms with Crippen LogP contribution in [0.5, 0.6) is 0 Å². The molecule has 2 aliphatic rings. The first kappa shape index (κ1) is 24.0. The maximum absolute atomic E-state index is 12.8. The summed E-state index contributed by atoms with van der Waals surface area (Å²) in [4.78, 5) is 31.5. The fraction of sp³-hybridized carbons (Fsp3) is 0.407. The number of hydrogen-bond acceptors (Lipinski definition) is 4. The number of halogens is 1. The highest BCUT2D eigenvalue weighted by Gasteiger charge is 2.25. The minimum atomic E-state index is -0.341. The van der Waals surface area contributed by atoms with Crippen molar-refractivity contribution in [2.24, 2.45) is 5.92 Å². The number of hydrogen-bond donors (Lipinski definition) is 1. The van der Waals surface area contributed by atoms with Crippen molar-refractivity contribution < 1.29 is 9.59 Å². The van der Waals surface area contributed by atoms with Crippen LogP contribution in [0.2, 0.25) is 5.02 Å². The molecule has 1 aliphatic heterocycles. The lowest BCUT2D eigenvalue weighted by Gasteiger charge is -2.32. The van der Waals surface area contributed by atoms with E-state index in [1.165, 1.54) is 31.0 Å². The van der Waals surface area contributed by atoms with Gasteiger partial charge in [-0.1, -0.05) is 29.7 Å². The summed E-state index contributed by atoms with van der Waals surface area (Å²) in [7, 11) is 0. The molecule has 1 saturated heterocycles. The Labute approximate surface area is 205 Å². The maximum atomic E-state index is 12.8. The van der Waals surface area contributed by atoms with E-state index >= 15 is 0 Å². The molecule has 0 atom stereocenters. The quantitative estimate of drug-likeness (QED) is 0.602. The summed E-state index contributed by atoms with van der Waals surface area (Å²) in [5, 5.41) is 12.7. The second kappa shape index (κ2) is 10.4. The highest BCUT2D eigenvalue weighted by atomic mass is 35.5. The predicted molar refractivity (Wildman–Crippen MR) is 134 cm³/mol. The number of benzene rings is 1. The van der Waals surface area contributed by atoms with E-state index in [1.54, 1.807) is 19.1 Å². The van der Waals surface area contributed by atoms with Crippen LogP contribution in [-0.4, -0.2) is 34.8 Å². The fourth-order valence-electron chi connectivity index (χ4n) is 4.43. The largest absolute Gasteiger partial charge is 0.342 e. The van der Waals surface area contributed by atoms with Gasteiger partial charge in [-0.2, -0.15) is 5.26 Å². The minimum absolute atomic E-state index is 0.290. The van der Waals surface area contributed by atoms with Crippen molar-refractivity contribution in [3.8, 4) is 6.07 Å². The number of aryl methyl sites for hydroxylation is 1. The highest BCUT2D eigenvalue weighted by Crippen LogP contribution is 2.32. The lowest BCUT2D eigenvalue weighted by Crippen LogP contribution is -2.37. The van der Waals surface area contributed by atoms with Crippen molar-refractivity contribution in [1.29, 1.82) is 5.26 Å². The second-order valence-electron chi connectivity index (χ2n) is 9.27. The molecule has 1 aromatic carbocycles. The zero-order valence-electron chi connectivity index (χ0n) is 19.7. The highest BCUT2D eigenvalue weighted by molar-refractivity contribution is 6.31. The monoisotopic (exact) mass is 476 g/mol. The zero-order valence-corrected chi connectivity index (χ0v) is 20.4. The number of pyridine rings is 1. The molecule has 0 spiro atoms. The number of carbonyl (C=O) groups excluding carboxylic acids is 2. The van der Waals surface area contributed by atoms with E-state index < -0.39 is 0 Å². The molecule has 0 unspecified atom stereocenters. The molecule has 176 valence electrons. The van der Waals surface area contributed by atoms with Gasteiger partial charge in [-0.25, -0.2) is 0 Å². The van der Waals surface area contributed by atoms with Crippen LogP contribution in [0.25, 0.3) is 6.08 Å². The van der Waals surface area contributed by atoms with Crippen LogP contribution in [0, 0.1) is 31.1 Å². The number of nitriles is 1. The molecule has 2 fully saturated rings. The molecule has 2 amide bonds. The van der Waals surface area contributed by atoms with Gasteiger partial charge in [0.25, 0.3) is 5.91 Å². The van der Waals surface area contributed by atoms with Crippen LogP contribution < -0.4 is 5.32 Å². The smallest absolute Gasteiger partial charge is 0.257 e. The number of piperidine rings is 1. The summed E-state index contributed by atoms with van der Waals surface area (Å²) in [5.74, 6) is 0.540. The molecule has 6 nitrogen and oxygen atoms in total. The zero-order chi connectivity index (χ0) is 24.2. The van der Waals surface area contributed by atoms with Crippen LogP contribution in [-0.2, 0) is 4.79 Å². The van der Waals surface area contributed by atoms with Gasteiger partial charge in [-0.3, -0.25) is 14.6 Å². The Morgan fingerprint density at radius 3 is 2.62 bits per heavy atom. The second-order valence-corrected chi connectivity index (χ2v) is 9.71. The molecule has 0 radical (unpaired) electrons. The van der Waals surface area contributed by atoms with E-state index in [4.69, 9.17) is 11.6 Å². The van der Waals surface area contributed by atoms with E-state index in [0.717, 1.165) is 37.1 Å². The van der Waals surface area contributed by atoms with Gasteiger partial charge in [0.2, 0.25) is 5.91 Å². The summed E-state index contributed by atoms with van der Waals surface area (Å²) in [6, 6.07) is 7.23. The Morgan fingerprint density at radius 2 is 1.97 bits per heavy atom. The van der Waals surface area contributed by atoms with Crippen LogP contribution in [0.15, 0.2) is 30.0 Å². The van der Waals surface area contributed by atoms with Gasteiger partial charge in [0.15, 0.2) is 0 Å². The number of nitrogens with one attached hydrogen (secondary N) is 1. The first-order valence-electron chi connectivity index (χ1n) is 11.8. The molecule has 2 heterocycles. The van der Waals surface area contributed by atoms with Crippen LogP contribution >= 0.6 is 11.6 Å². The number of carbonyl (C=O) groups is 2. The third-order valence-electron chi connectivity index (χ3n) is 6.94. The molecule has 1 aliphatic carbocycles. The van der Waals surface area contributed by atoms with Crippen LogP contribution in [0.1, 0.15) is 71.3 Å². The molecule has 7 heteroatoms. The Hall–Kier alpha value is -3.17. The average molecular weight is 477 g/mol. The van der Waals surface area contributed by atoms with Gasteiger partial charge >= 0.3 is 0 Å².